The predicted octanol–water partition coefficient (Wildman–Crippen LogP) is 4.73. The van der Waals surface area contributed by atoms with Crippen molar-refractivity contribution in [1.29, 1.82) is 5.26 Å². The molecule has 0 radical (unpaired) electrons. The molecule has 0 aliphatic carbocycles. The molecule has 0 spiro atoms. The van der Waals surface area contributed by atoms with Crippen LogP contribution < -0.4 is 15.2 Å². The molecule has 1 amide bonds. The Morgan fingerprint density at radius 2 is 2.00 bits per heavy atom. The highest BCUT2D eigenvalue weighted by molar-refractivity contribution is 6.35. The number of pyridine rings is 1. The SMILES string of the molecule is CN(CCN(C)c1c(C#N)c(=O)n2c3c(c(-c4c(O)cccc4F)c(Cl)cc13)OCC2)C(=O)OC(C)(C)C. The van der Waals surface area contributed by atoms with Crippen LogP contribution in [0, 0.1) is 17.1 Å². The van der Waals surface area contributed by atoms with Crippen LogP contribution in [0.4, 0.5) is 14.9 Å². The van der Waals surface area contributed by atoms with Gasteiger partial charge in [-0.25, -0.2) is 9.18 Å². The second-order valence-corrected chi connectivity index (χ2v) is 10.5. The minimum Gasteiger partial charge on any atom is -0.507 e. The molecule has 2 aromatic carbocycles. The zero-order valence-corrected chi connectivity index (χ0v) is 22.5. The van der Waals surface area contributed by atoms with E-state index in [1.807, 2.05) is 6.07 Å². The van der Waals surface area contributed by atoms with Gasteiger partial charge < -0.3 is 28.9 Å². The maximum absolute atomic E-state index is 14.9. The fourth-order valence-corrected chi connectivity index (χ4v) is 4.75. The summed E-state index contributed by atoms with van der Waals surface area (Å²) in [6.07, 6.45) is -0.505. The smallest absolute Gasteiger partial charge is 0.410 e. The van der Waals surface area contributed by atoms with Crippen LogP contribution >= 0.6 is 11.6 Å². The number of aromatic hydroxyl groups is 1. The molecule has 3 aromatic rings. The van der Waals surface area contributed by atoms with Gasteiger partial charge >= 0.3 is 6.09 Å². The van der Waals surface area contributed by atoms with Gasteiger partial charge in [-0.2, -0.15) is 5.26 Å². The van der Waals surface area contributed by atoms with Crippen molar-refractivity contribution in [1.82, 2.24) is 9.47 Å². The molecule has 0 bridgehead atoms. The van der Waals surface area contributed by atoms with Gasteiger partial charge in [0, 0.05) is 32.6 Å². The molecule has 0 atom stereocenters. The lowest BCUT2D eigenvalue weighted by Gasteiger charge is -2.30. The highest BCUT2D eigenvalue weighted by Crippen LogP contribution is 2.48. The van der Waals surface area contributed by atoms with Crippen molar-refractivity contribution in [2.75, 3.05) is 38.7 Å². The van der Waals surface area contributed by atoms with Crippen LogP contribution in [-0.2, 0) is 11.3 Å². The molecule has 11 heteroatoms. The molecule has 4 rings (SSSR count). The number of phenols is 1. The Morgan fingerprint density at radius 1 is 1.29 bits per heavy atom. The van der Waals surface area contributed by atoms with Crippen LogP contribution in [0.5, 0.6) is 11.5 Å². The number of hydrogen-bond acceptors (Lipinski definition) is 7. The average Bonchev–Trinajstić information content (AvgIpc) is 2.84. The van der Waals surface area contributed by atoms with Crippen molar-refractivity contribution in [2.24, 2.45) is 0 Å². The van der Waals surface area contributed by atoms with E-state index in [2.05, 4.69) is 0 Å². The number of carbonyl (C=O) groups excluding carboxylic acids is 1. The van der Waals surface area contributed by atoms with E-state index in [9.17, 15) is 24.3 Å². The molecule has 38 heavy (non-hydrogen) atoms. The maximum atomic E-state index is 14.9. The number of benzene rings is 2. The summed E-state index contributed by atoms with van der Waals surface area (Å²) in [4.78, 5) is 28.9. The minimum atomic E-state index is -0.707. The highest BCUT2D eigenvalue weighted by atomic mass is 35.5. The Kier molecular flexibility index (Phi) is 7.17. The molecule has 1 N–H and O–H groups in total. The largest absolute Gasteiger partial charge is 0.507 e. The summed E-state index contributed by atoms with van der Waals surface area (Å²) in [6, 6.07) is 7.45. The summed E-state index contributed by atoms with van der Waals surface area (Å²) in [5, 5.41) is 20.9. The van der Waals surface area contributed by atoms with Gasteiger partial charge in [-0.05, 0) is 39.0 Å². The molecule has 0 unspecified atom stereocenters. The first-order chi connectivity index (χ1) is 17.9. The van der Waals surface area contributed by atoms with Crippen molar-refractivity contribution < 1.29 is 23.8 Å². The number of hydrogen-bond donors (Lipinski definition) is 1. The van der Waals surface area contributed by atoms with Crippen molar-refractivity contribution in [2.45, 2.75) is 32.9 Å². The Morgan fingerprint density at radius 3 is 2.63 bits per heavy atom. The number of halogens is 2. The van der Waals surface area contributed by atoms with Gasteiger partial charge in [-0.15, -0.1) is 0 Å². The Hall–Kier alpha value is -3.97. The van der Waals surface area contributed by atoms with Crippen LogP contribution in [0.2, 0.25) is 5.02 Å². The van der Waals surface area contributed by atoms with Gasteiger partial charge in [0.25, 0.3) is 5.56 Å². The Labute approximate surface area is 224 Å². The van der Waals surface area contributed by atoms with Crippen LogP contribution in [-0.4, -0.2) is 60.1 Å². The molecule has 0 fully saturated rings. The number of carbonyl (C=O) groups is 1. The quantitative estimate of drug-likeness (QED) is 0.496. The van der Waals surface area contributed by atoms with Crippen molar-refractivity contribution in [3.05, 3.63) is 51.0 Å². The number of nitriles is 1. The first-order valence-electron chi connectivity index (χ1n) is 11.9. The monoisotopic (exact) mass is 542 g/mol. The first kappa shape index (κ1) is 27.1. The van der Waals surface area contributed by atoms with Crippen LogP contribution in [0.1, 0.15) is 26.3 Å². The van der Waals surface area contributed by atoms with E-state index >= 15 is 0 Å². The van der Waals surface area contributed by atoms with E-state index < -0.39 is 23.1 Å². The molecule has 2 heterocycles. The third-order valence-corrected chi connectivity index (χ3v) is 6.50. The van der Waals surface area contributed by atoms with Crippen molar-refractivity contribution in [3.63, 3.8) is 0 Å². The second-order valence-electron chi connectivity index (χ2n) is 10.1. The lowest BCUT2D eigenvalue weighted by molar-refractivity contribution is 0.0303. The number of amides is 1. The molecule has 1 aromatic heterocycles. The normalized spacial score (nSPS) is 12.6. The molecule has 200 valence electrons. The molecule has 1 aliphatic rings. The van der Waals surface area contributed by atoms with Crippen LogP contribution in [0.3, 0.4) is 0 Å². The van der Waals surface area contributed by atoms with Crippen LogP contribution in [0.25, 0.3) is 22.0 Å². The van der Waals surface area contributed by atoms with E-state index in [4.69, 9.17) is 21.1 Å². The number of anilines is 1. The maximum Gasteiger partial charge on any atom is 0.410 e. The van der Waals surface area contributed by atoms with E-state index in [0.717, 1.165) is 0 Å². The van der Waals surface area contributed by atoms with Gasteiger partial charge in [0.2, 0.25) is 0 Å². The van der Waals surface area contributed by atoms with E-state index in [0.29, 0.717) is 16.6 Å². The topological polar surface area (TPSA) is 108 Å². The number of likely N-dealkylation sites (N-methyl/N-ethyl adjacent to an activating group) is 2. The van der Waals surface area contributed by atoms with Gasteiger partial charge in [0.1, 0.15) is 35.4 Å². The van der Waals surface area contributed by atoms with E-state index in [-0.39, 0.29) is 59.5 Å². The molecular weight excluding hydrogens is 515 g/mol. The summed E-state index contributed by atoms with van der Waals surface area (Å²) in [5.74, 6) is -0.898. The fourth-order valence-electron chi connectivity index (χ4n) is 4.46. The molecule has 0 saturated heterocycles. The number of ether oxygens (including phenoxy) is 2. The fraction of sp³-hybridized carbons (Fsp3) is 0.370. The number of aromatic nitrogens is 1. The molecule has 9 nitrogen and oxygen atoms in total. The number of phenolic OH excluding ortho intramolecular Hbond substituents is 1. The summed E-state index contributed by atoms with van der Waals surface area (Å²) in [7, 11) is 3.29. The lowest BCUT2D eigenvalue weighted by Crippen LogP contribution is -2.39. The summed E-state index contributed by atoms with van der Waals surface area (Å²) in [6.45, 7) is 6.07. The Balaban J connectivity index is 1.87. The average molecular weight is 543 g/mol. The standard InChI is InChI=1S/C27H28ClFN4O5/c1-27(2,3)38-26(36)32(5)10-9-31(4)22-15-13-17(28)20(21-18(29)7-6-8-19(21)34)24-23(15)33(11-12-37-24)25(35)16(22)14-30/h6-8,13,34H,9-12H2,1-5H3. The Bertz CT molecular complexity index is 1520. The van der Waals surface area contributed by atoms with Gasteiger partial charge in [-0.3, -0.25) is 4.79 Å². The van der Waals surface area contributed by atoms with Gasteiger partial charge in [0.05, 0.1) is 33.9 Å². The predicted molar refractivity (Wildman–Crippen MR) is 143 cm³/mol. The van der Waals surface area contributed by atoms with Crippen LogP contribution in [0.15, 0.2) is 29.1 Å². The zero-order valence-electron chi connectivity index (χ0n) is 21.8. The third kappa shape index (κ3) is 4.82. The minimum absolute atomic E-state index is 0.0735. The van der Waals surface area contributed by atoms with Gasteiger partial charge in [0.15, 0.2) is 5.75 Å². The second kappa shape index (κ2) is 10.1. The lowest BCUT2D eigenvalue weighted by atomic mass is 9.97. The zero-order chi connectivity index (χ0) is 27.9. The highest BCUT2D eigenvalue weighted by Gasteiger charge is 2.30. The van der Waals surface area contributed by atoms with E-state index in [1.165, 1.54) is 33.7 Å². The third-order valence-electron chi connectivity index (χ3n) is 6.20. The van der Waals surface area contributed by atoms with Gasteiger partial charge in [-0.1, -0.05) is 17.7 Å². The van der Waals surface area contributed by atoms with E-state index in [1.54, 1.807) is 39.8 Å². The number of nitrogens with zero attached hydrogens (tertiary/aromatic N) is 4. The van der Waals surface area contributed by atoms with Crippen molar-refractivity contribution >= 4 is 34.3 Å². The molecule has 1 aliphatic heterocycles. The molecule has 0 saturated carbocycles. The summed E-state index contributed by atoms with van der Waals surface area (Å²) in [5.41, 5.74) is -0.664. The van der Waals surface area contributed by atoms with Crippen molar-refractivity contribution in [3.8, 4) is 28.7 Å². The summed E-state index contributed by atoms with van der Waals surface area (Å²) < 4.78 is 27.6. The molecular formula is C27H28ClFN4O5. The number of rotatable bonds is 5. The first-order valence-corrected chi connectivity index (χ1v) is 12.3. The summed E-state index contributed by atoms with van der Waals surface area (Å²) >= 11 is 6.67.